The molecule has 0 saturated heterocycles. The second-order valence-electron chi connectivity index (χ2n) is 5.16. The summed E-state index contributed by atoms with van der Waals surface area (Å²) < 4.78 is 58.9. The third-order valence-electron chi connectivity index (χ3n) is 3.65. The van der Waals surface area contributed by atoms with Crippen LogP contribution in [0, 0.1) is 5.82 Å². The molecule has 0 unspecified atom stereocenters. The fourth-order valence-electron chi connectivity index (χ4n) is 2.48. The van der Waals surface area contributed by atoms with Crippen LogP contribution in [0.15, 0.2) is 27.4 Å². The first-order valence-corrected chi connectivity index (χ1v) is 7.26. The lowest BCUT2D eigenvalue weighted by Crippen LogP contribution is -2.26. The van der Waals surface area contributed by atoms with Crippen LogP contribution < -0.4 is 10.9 Å². The van der Waals surface area contributed by atoms with Crippen LogP contribution in [0.2, 0.25) is 5.02 Å². The number of benzene rings is 1. The molecule has 0 aliphatic rings. The number of nitrogens with zero attached hydrogens (tertiary/aromatic N) is 2. The summed E-state index contributed by atoms with van der Waals surface area (Å²) >= 11 is 5.93. The molecule has 0 aliphatic heterocycles. The normalized spacial score (nSPS) is 12.0. The molecule has 10 heteroatoms. The van der Waals surface area contributed by atoms with Gasteiger partial charge in [0, 0.05) is 14.1 Å². The molecule has 0 radical (unpaired) electrons. The molecule has 2 heterocycles. The monoisotopic (exact) mass is 375 g/mol. The summed E-state index contributed by atoms with van der Waals surface area (Å²) in [5, 5.41) is 2.56. The Morgan fingerprint density at radius 2 is 2.00 bits per heavy atom. The number of anilines is 1. The van der Waals surface area contributed by atoms with Crippen molar-refractivity contribution in [2.24, 2.45) is 7.05 Å². The van der Waals surface area contributed by atoms with Crippen molar-refractivity contribution in [3.05, 3.63) is 45.1 Å². The summed E-state index contributed by atoms with van der Waals surface area (Å²) in [6, 6.07) is 2.55. The molecule has 0 aliphatic carbocycles. The van der Waals surface area contributed by atoms with Crippen LogP contribution in [0.1, 0.15) is 5.69 Å². The van der Waals surface area contributed by atoms with E-state index in [0.29, 0.717) is 10.6 Å². The summed E-state index contributed by atoms with van der Waals surface area (Å²) in [4.78, 5) is 16.4. The third-order valence-corrected chi connectivity index (χ3v) is 3.94. The first kappa shape index (κ1) is 17.3. The van der Waals surface area contributed by atoms with Gasteiger partial charge in [-0.1, -0.05) is 11.6 Å². The van der Waals surface area contributed by atoms with Crippen LogP contribution in [0.5, 0.6) is 0 Å². The topological polar surface area (TPSA) is 60.1 Å². The van der Waals surface area contributed by atoms with Crippen molar-refractivity contribution in [2.45, 2.75) is 6.18 Å². The number of rotatable bonds is 2. The zero-order valence-corrected chi connectivity index (χ0v) is 13.6. The van der Waals surface area contributed by atoms with E-state index < -0.39 is 23.2 Å². The van der Waals surface area contributed by atoms with E-state index in [1.165, 1.54) is 7.05 Å². The molecule has 5 nitrogen and oxygen atoms in total. The molecular formula is C15H10ClF4N3O2. The molecule has 1 aromatic carbocycles. The summed E-state index contributed by atoms with van der Waals surface area (Å²) in [5.74, 6) is -0.909. The van der Waals surface area contributed by atoms with Crippen molar-refractivity contribution in [3.63, 3.8) is 0 Å². The predicted octanol–water partition coefficient (Wildman–Crippen LogP) is 4.05. The average Bonchev–Trinajstić information content (AvgIpc) is 2.94. The lowest BCUT2D eigenvalue weighted by atomic mass is 10.0. The zero-order chi connectivity index (χ0) is 18.5. The SMILES string of the molecule is CNc1nc2c(Cl)cc(F)c(-c3ccc(C(F)(F)F)n(C)c3=O)c2o1. The second kappa shape index (κ2) is 5.76. The Morgan fingerprint density at radius 3 is 2.60 bits per heavy atom. The molecule has 0 spiro atoms. The molecule has 3 rings (SSSR count). The highest BCUT2D eigenvalue weighted by molar-refractivity contribution is 6.35. The molecule has 0 saturated carbocycles. The van der Waals surface area contributed by atoms with E-state index in [4.69, 9.17) is 16.0 Å². The third kappa shape index (κ3) is 2.74. The number of hydrogen-bond acceptors (Lipinski definition) is 4. The maximum Gasteiger partial charge on any atom is 0.431 e. The maximum atomic E-state index is 14.5. The van der Waals surface area contributed by atoms with E-state index in [-0.39, 0.29) is 33.3 Å². The Bertz CT molecular complexity index is 1040. The van der Waals surface area contributed by atoms with E-state index in [2.05, 4.69) is 10.3 Å². The quantitative estimate of drug-likeness (QED) is 0.687. The molecule has 1 N–H and O–H groups in total. The minimum atomic E-state index is -4.72. The van der Waals surface area contributed by atoms with Gasteiger partial charge in [-0.15, -0.1) is 0 Å². The molecule has 2 aromatic heterocycles. The van der Waals surface area contributed by atoms with Gasteiger partial charge in [-0.2, -0.15) is 18.2 Å². The predicted molar refractivity (Wildman–Crippen MR) is 84.2 cm³/mol. The van der Waals surface area contributed by atoms with Crippen LogP contribution in [-0.4, -0.2) is 16.6 Å². The van der Waals surface area contributed by atoms with Gasteiger partial charge in [-0.3, -0.25) is 4.79 Å². The van der Waals surface area contributed by atoms with Crippen molar-refractivity contribution in [1.82, 2.24) is 9.55 Å². The number of hydrogen-bond donors (Lipinski definition) is 1. The average molecular weight is 376 g/mol. The van der Waals surface area contributed by atoms with Gasteiger partial charge in [0.05, 0.1) is 16.1 Å². The fourth-order valence-corrected chi connectivity index (χ4v) is 2.70. The van der Waals surface area contributed by atoms with Crippen molar-refractivity contribution in [3.8, 4) is 11.1 Å². The highest BCUT2D eigenvalue weighted by Gasteiger charge is 2.34. The molecule has 132 valence electrons. The Labute approximate surface area is 142 Å². The van der Waals surface area contributed by atoms with Crippen LogP contribution in [0.4, 0.5) is 23.6 Å². The number of nitrogens with one attached hydrogen (secondary N) is 1. The number of fused-ring (bicyclic) bond motifs is 1. The highest BCUT2D eigenvalue weighted by Crippen LogP contribution is 2.36. The van der Waals surface area contributed by atoms with Gasteiger partial charge in [0.25, 0.3) is 11.6 Å². The number of oxazole rings is 1. The van der Waals surface area contributed by atoms with Gasteiger partial charge >= 0.3 is 6.18 Å². The molecule has 0 atom stereocenters. The molecule has 3 aromatic rings. The Hall–Kier alpha value is -2.55. The van der Waals surface area contributed by atoms with E-state index >= 15 is 0 Å². The largest absolute Gasteiger partial charge is 0.431 e. The maximum absolute atomic E-state index is 14.5. The lowest BCUT2D eigenvalue weighted by Gasteiger charge is -2.13. The Balaban J connectivity index is 2.36. The smallest absolute Gasteiger partial charge is 0.423 e. The molecule has 25 heavy (non-hydrogen) atoms. The van der Waals surface area contributed by atoms with Gasteiger partial charge < -0.3 is 14.3 Å². The lowest BCUT2D eigenvalue weighted by molar-refractivity contribution is -0.143. The summed E-state index contributed by atoms with van der Waals surface area (Å²) in [5.41, 5.74) is -2.83. The van der Waals surface area contributed by atoms with Crippen molar-refractivity contribution in [2.75, 3.05) is 12.4 Å². The standard InChI is InChI=1S/C15H10ClF4N3O2/c1-21-14-22-11-7(16)5-8(17)10(12(11)25-14)6-3-4-9(15(18,19)20)23(2)13(6)24/h3-5H,1-2H3,(H,21,22). The second-order valence-corrected chi connectivity index (χ2v) is 5.56. The van der Waals surface area contributed by atoms with E-state index in [9.17, 15) is 22.4 Å². The molecular weight excluding hydrogens is 366 g/mol. The molecule has 0 bridgehead atoms. The molecule has 0 amide bonds. The van der Waals surface area contributed by atoms with Crippen LogP contribution in [0.3, 0.4) is 0 Å². The summed E-state index contributed by atoms with van der Waals surface area (Å²) in [6.07, 6.45) is -4.72. The van der Waals surface area contributed by atoms with Gasteiger partial charge in [0.1, 0.15) is 17.0 Å². The minimum Gasteiger partial charge on any atom is -0.423 e. The zero-order valence-electron chi connectivity index (χ0n) is 12.8. The fraction of sp³-hybridized carbons (Fsp3) is 0.200. The summed E-state index contributed by atoms with van der Waals surface area (Å²) in [7, 11) is 2.46. The van der Waals surface area contributed by atoms with Gasteiger partial charge in [-0.05, 0) is 18.2 Å². The van der Waals surface area contributed by atoms with Crippen LogP contribution in [-0.2, 0) is 13.2 Å². The van der Waals surface area contributed by atoms with Crippen molar-refractivity contribution < 1.29 is 22.0 Å². The van der Waals surface area contributed by atoms with Crippen LogP contribution in [0.25, 0.3) is 22.2 Å². The molecule has 0 fully saturated rings. The Kier molecular flexibility index (Phi) is 3.98. The first-order chi connectivity index (χ1) is 11.6. The van der Waals surface area contributed by atoms with Gasteiger partial charge in [0.15, 0.2) is 5.58 Å². The van der Waals surface area contributed by atoms with Gasteiger partial charge in [0.2, 0.25) is 0 Å². The van der Waals surface area contributed by atoms with Crippen LogP contribution >= 0.6 is 11.6 Å². The number of halogens is 5. The first-order valence-electron chi connectivity index (χ1n) is 6.89. The van der Waals surface area contributed by atoms with E-state index in [0.717, 1.165) is 19.2 Å². The number of alkyl halides is 3. The summed E-state index contributed by atoms with van der Waals surface area (Å²) in [6.45, 7) is 0. The van der Waals surface area contributed by atoms with Crippen molar-refractivity contribution >= 4 is 28.7 Å². The van der Waals surface area contributed by atoms with Crippen molar-refractivity contribution in [1.29, 1.82) is 0 Å². The van der Waals surface area contributed by atoms with E-state index in [1.54, 1.807) is 0 Å². The Morgan fingerprint density at radius 1 is 1.32 bits per heavy atom. The number of pyridine rings is 1. The van der Waals surface area contributed by atoms with E-state index in [1.807, 2.05) is 0 Å². The number of aromatic nitrogens is 2. The highest BCUT2D eigenvalue weighted by atomic mass is 35.5. The minimum absolute atomic E-state index is 0.0208. The van der Waals surface area contributed by atoms with Gasteiger partial charge in [-0.25, -0.2) is 4.39 Å².